The van der Waals surface area contributed by atoms with Gasteiger partial charge in [0.15, 0.2) is 0 Å². The van der Waals surface area contributed by atoms with Gasteiger partial charge in [-0.15, -0.1) is 0 Å². The van der Waals surface area contributed by atoms with Gasteiger partial charge >= 0.3 is 12.1 Å². The van der Waals surface area contributed by atoms with E-state index in [2.05, 4.69) is 5.32 Å². The van der Waals surface area contributed by atoms with Gasteiger partial charge in [-0.05, 0) is 60.5 Å². The Kier molecular flexibility index (Phi) is 6.83. The molecule has 1 aromatic rings. The molecule has 1 aromatic carbocycles. The highest BCUT2D eigenvalue weighted by atomic mass is 32.2. The van der Waals surface area contributed by atoms with Crippen molar-refractivity contribution in [2.75, 3.05) is 11.5 Å². The number of fused-ring (bicyclic) bond motifs is 2. The van der Waals surface area contributed by atoms with Crippen molar-refractivity contribution in [1.82, 2.24) is 5.32 Å². The quantitative estimate of drug-likeness (QED) is 0.638. The first-order valence-electron chi connectivity index (χ1n) is 9.39. The van der Waals surface area contributed by atoms with E-state index in [1.165, 1.54) is 25.7 Å². The van der Waals surface area contributed by atoms with Crippen molar-refractivity contribution in [2.45, 2.75) is 44.8 Å². The molecule has 26 heavy (non-hydrogen) atoms. The van der Waals surface area contributed by atoms with Gasteiger partial charge in [-0.3, -0.25) is 0 Å². The van der Waals surface area contributed by atoms with Crippen LogP contribution >= 0.6 is 11.8 Å². The smallest absolute Gasteiger partial charge is 0.408 e. The molecule has 6 heteroatoms. The van der Waals surface area contributed by atoms with Gasteiger partial charge in [0.05, 0.1) is 0 Å². The van der Waals surface area contributed by atoms with Gasteiger partial charge in [0.1, 0.15) is 12.6 Å². The van der Waals surface area contributed by atoms with Gasteiger partial charge in [-0.25, -0.2) is 9.59 Å². The summed E-state index contributed by atoms with van der Waals surface area (Å²) < 4.78 is 5.11. The molecule has 2 aliphatic carbocycles. The highest BCUT2D eigenvalue weighted by Gasteiger charge is 2.39. The lowest BCUT2D eigenvalue weighted by Gasteiger charge is -2.21. The number of hydrogen-bond donors (Lipinski definition) is 2. The molecule has 0 radical (unpaired) electrons. The molecule has 2 aliphatic rings. The van der Waals surface area contributed by atoms with Crippen LogP contribution in [-0.2, 0) is 16.1 Å². The zero-order valence-electron chi connectivity index (χ0n) is 14.9. The molecule has 0 heterocycles. The maximum Gasteiger partial charge on any atom is 0.408 e. The lowest BCUT2D eigenvalue weighted by atomic mass is 9.90. The van der Waals surface area contributed by atoms with Crippen LogP contribution in [0.1, 0.15) is 37.7 Å². The zero-order valence-corrected chi connectivity index (χ0v) is 15.7. The summed E-state index contributed by atoms with van der Waals surface area (Å²) in [6.07, 6.45) is 5.27. The third kappa shape index (κ3) is 5.40. The highest BCUT2D eigenvalue weighted by molar-refractivity contribution is 7.99. The number of amides is 1. The maximum absolute atomic E-state index is 11.9. The number of carbonyl (C=O) groups excluding carboxylic acids is 1. The number of nitrogens with one attached hydrogen (secondary N) is 1. The van der Waals surface area contributed by atoms with Crippen LogP contribution in [0, 0.1) is 17.8 Å². The summed E-state index contributed by atoms with van der Waals surface area (Å²) in [7, 11) is 0. The van der Waals surface area contributed by atoms with Crippen LogP contribution < -0.4 is 5.32 Å². The summed E-state index contributed by atoms with van der Waals surface area (Å²) in [5.41, 5.74) is 0.871. The Morgan fingerprint density at radius 3 is 2.69 bits per heavy atom. The average Bonchev–Trinajstić information content (AvgIpc) is 3.26. The van der Waals surface area contributed by atoms with Crippen LogP contribution in [0.5, 0.6) is 0 Å². The molecule has 2 saturated carbocycles. The normalized spacial score (nSPS) is 25.0. The Morgan fingerprint density at radius 2 is 2.04 bits per heavy atom. The van der Waals surface area contributed by atoms with E-state index in [0.29, 0.717) is 6.42 Å². The minimum absolute atomic E-state index is 0.137. The molecule has 2 fully saturated rings. The van der Waals surface area contributed by atoms with E-state index in [1.54, 1.807) is 0 Å². The van der Waals surface area contributed by atoms with E-state index < -0.39 is 18.1 Å². The second-order valence-electron chi connectivity index (χ2n) is 7.40. The number of hydrogen-bond acceptors (Lipinski definition) is 4. The van der Waals surface area contributed by atoms with Crippen molar-refractivity contribution in [1.29, 1.82) is 0 Å². The summed E-state index contributed by atoms with van der Waals surface area (Å²) in [4.78, 5) is 23.2. The molecule has 4 atom stereocenters. The predicted molar refractivity (Wildman–Crippen MR) is 102 cm³/mol. The van der Waals surface area contributed by atoms with Crippen LogP contribution in [0.25, 0.3) is 0 Å². The molecular weight excluding hydrogens is 350 g/mol. The number of ether oxygens (including phenoxy) is 1. The van der Waals surface area contributed by atoms with Crippen molar-refractivity contribution in [2.24, 2.45) is 17.8 Å². The molecule has 4 unspecified atom stereocenters. The fourth-order valence-corrected chi connectivity index (χ4v) is 5.46. The van der Waals surface area contributed by atoms with E-state index in [9.17, 15) is 14.7 Å². The number of rotatable bonds is 9. The first kappa shape index (κ1) is 19.1. The average molecular weight is 378 g/mol. The standard InChI is InChI=1S/C20H27NO4S/c22-19(23)18(21-20(24)25-12-14-4-2-1-3-5-14)8-9-26-13-17-11-15-6-7-16(17)10-15/h1-5,15-18H,6-13H2,(H,21,24)(H,22,23). The maximum atomic E-state index is 11.9. The van der Waals surface area contributed by atoms with Crippen LogP contribution in [0.15, 0.2) is 30.3 Å². The van der Waals surface area contributed by atoms with Gasteiger partial charge in [0, 0.05) is 0 Å². The molecule has 5 nitrogen and oxygen atoms in total. The third-order valence-corrected chi connectivity index (χ3v) is 6.76. The number of benzene rings is 1. The van der Waals surface area contributed by atoms with Crippen LogP contribution in [0.2, 0.25) is 0 Å². The van der Waals surface area contributed by atoms with Crippen LogP contribution in [-0.4, -0.2) is 34.7 Å². The number of aliphatic carboxylic acids is 1. The van der Waals surface area contributed by atoms with Crippen molar-refractivity contribution < 1.29 is 19.4 Å². The topological polar surface area (TPSA) is 75.6 Å². The molecule has 2 bridgehead atoms. The van der Waals surface area contributed by atoms with Crippen LogP contribution in [0.3, 0.4) is 0 Å². The Hall–Kier alpha value is -1.69. The molecule has 142 valence electrons. The number of carbonyl (C=O) groups is 2. The van der Waals surface area contributed by atoms with Gasteiger partial charge in [0.2, 0.25) is 0 Å². The summed E-state index contributed by atoms with van der Waals surface area (Å²) >= 11 is 1.82. The zero-order chi connectivity index (χ0) is 18.4. The SMILES string of the molecule is O=C(NC(CCSCC1CC2CCC1C2)C(=O)O)OCc1ccccc1. The molecule has 0 saturated heterocycles. The molecule has 0 aromatic heterocycles. The molecule has 2 N–H and O–H groups in total. The second-order valence-corrected chi connectivity index (χ2v) is 8.55. The molecule has 1 amide bonds. The van der Waals surface area contributed by atoms with Gasteiger partial charge in [-0.2, -0.15) is 11.8 Å². The van der Waals surface area contributed by atoms with E-state index in [0.717, 1.165) is 34.8 Å². The lowest BCUT2D eigenvalue weighted by Crippen LogP contribution is -2.41. The van der Waals surface area contributed by atoms with Gasteiger partial charge in [-0.1, -0.05) is 36.8 Å². The van der Waals surface area contributed by atoms with Gasteiger partial charge in [0.25, 0.3) is 0 Å². The first-order chi connectivity index (χ1) is 12.6. The number of thioether (sulfide) groups is 1. The molecule has 3 rings (SSSR count). The third-order valence-electron chi connectivity index (χ3n) is 5.57. The molecule has 0 aliphatic heterocycles. The number of carboxylic acids is 1. The minimum Gasteiger partial charge on any atom is -0.480 e. The van der Waals surface area contributed by atoms with Crippen molar-refractivity contribution >= 4 is 23.8 Å². The van der Waals surface area contributed by atoms with E-state index in [1.807, 2.05) is 42.1 Å². The predicted octanol–water partition coefficient (Wildman–Crippen LogP) is 3.93. The Balaban J connectivity index is 1.34. The Morgan fingerprint density at radius 1 is 1.23 bits per heavy atom. The first-order valence-corrected chi connectivity index (χ1v) is 10.5. The summed E-state index contributed by atoms with van der Waals surface area (Å²) in [5, 5.41) is 11.8. The van der Waals surface area contributed by atoms with E-state index in [-0.39, 0.29) is 6.61 Å². The van der Waals surface area contributed by atoms with E-state index in [4.69, 9.17) is 4.74 Å². The Labute approximate surface area is 158 Å². The van der Waals surface area contributed by atoms with E-state index >= 15 is 0 Å². The molecule has 0 spiro atoms. The molecular formula is C20H27NO4S. The number of alkyl carbamates (subject to hydrolysis) is 1. The van der Waals surface area contributed by atoms with Gasteiger partial charge < -0.3 is 15.2 Å². The lowest BCUT2D eigenvalue weighted by molar-refractivity contribution is -0.139. The fourth-order valence-electron chi connectivity index (χ4n) is 4.18. The Bertz CT molecular complexity index is 609. The second kappa shape index (κ2) is 9.31. The largest absolute Gasteiger partial charge is 0.480 e. The number of carboxylic acid groups (broad SMARTS) is 1. The summed E-state index contributed by atoms with van der Waals surface area (Å²) in [5.74, 6) is 3.50. The van der Waals surface area contributed by atoms with Crippen molar-refractivity contribution in [3.63, 3.8) is 0 Å². The fraction of sp³-hybridized carbons (Fsp3) is 0.600. The highest BCUT2D eigenvalue weighted by Crippen LogP contribution is 2.49. The summed E-state index contributed by atoms with van der Waals surface area (Å²) in [6.45, 7) is 0.137. The monoisotopic (exact) mass is 377 g/mol. The van der Waals surface area contributed by atoms with Crippen LogP contribution in [0.4, 0.5) is 4.79 Å². The minimum atomic E-state index is -1.01. The summed E-state index contributed by atoms with van der Waals surface area (Å²) in [6, 6.07) is 8.43. The van der Waals surface area contributed by atoms with Crippen molar-refractivity contribution in [3.8, 4) is 0 Å². The van der Waals surface area contributed by atoms with Crippen molar-refractivity contribution in [3.05, 3.63) is 35.9 Å².